The Hall–Kier alpha value is -1.95. The standard InChI is InChI=1S/C13H19N5O/c1-9-5-15-11(10(2)13(9)19-4)7-18-12(6-14-3)16-8-17-18/h5,8,14H,6-7H2,1-4H3. The van der Waals surface area contributed by atoms with Crippen molar-refractivity contribution in [2.45, 2.75) is 26.9 Å². The third kappa shape index (κ3) is 2.73. The zero-order valence-electron chi connectivity index (χ0n) is 11.8. The van der Waals surface area contributed by atoms with Crippen LogP contribution in [0.25, 0.3) is 0 Å². The third-order valence-corrected chi connectivity index (χ3v) is 3.08. The number of aromatic nitrogens is 4. The molecule has 0 saturated heterocycles. The molecular formula is C13H19N5O. The van der Waals surface area contributed by atoms with E-state index in [9.17, 15) is 0 Å². The van der Waals surface area contributed by atoms with Crippen molar-refractivity contribution >= 4 is 0 Å². The molecule has 2 aromatic rings. The van der Waals surface area contributed by atoms with Gasteiger partial charge < -0.3 is 10.1 Å². The van der Waals surface area contributed by atoms with Crippen molar-refractivity contribution in [1.29, 1.82) is 0 Å². The molecule has 0 aliphatic carbocycles. The molecule has 1 N–H and O–H groups in total. The normalized spacial score (nSPS) is 10.7. The van der Waals surface area contributed by atoms with Crippen molar-refractivity contribution in [1.82, 2.24) is 25.1 Å². The molecule has 0 aliphatic rings. The fourth-order valence-corrected chi connectivity index (χ4v) is 2.09. The molecule has 0 unspecified atom stereocenters. The number of methoxy groups -OCH3 is 1. The monoisotopic (exact) mass is 261 g/mol. The summed E-state index contributed by atoms with van der Waals surface area (Å²) < 4.78 is 7.26. The second kappa shape index (κ2) is 5.79. The predicted octanol–water partition coefficient (Wildman–Crippen LogP) is 1.07. The Balaban J connectivity index is 2.31. The topological polar surface area (TPSA) is 64.9 Å². The van der Waals surface area contributed by atoms with Gasteiger partial charge >= 0.3 is 0 Å². The van der Waals surface area contributed by atoms with Crippen molar-refractivity contribution in [2.24, 2.45) is 0 Å². The molecule has 0 radical (unpaired) electrons. The zero-order valence-corrected chi connectivity index (χ0v) is 11.8. The fourth-order valence-electron chi connectivity index (χ4n) is 2.09. The van der Waals surface area contributed by atoms with Crippen LogP contribution in [-0.2, 0) is 13.1 Å². The molecule has 102 valence electrons. The first-order valence-corrected chi connectivity index (χ1v) is 6.17. The van der Waals surface area contributed by atoms with Gasteiger partial charge in [0, 0.05) is 17.3 Å². The SMILES string of the molecule is CNCc1ncnn1Cc1ncc(C)c(OC)c1C. The Labute approximate surface area is 112 Å². The number of rotatable bonds is 5. The van der Waals surface area contributed by atoms with Gasteiger partial charge in [0.1, 0.15) is 17.9 Å². The smallest absolute Gasteiger partial charge is 0.141 e. The van der Waals surface area contributed by atoms with E-state index in [2.05, 4.69) is 20.4 Å². The van der Waals surface area contributed by atoms with Crippen LogP contribution >= 0.6 is 0 Å². The summed E-state index contributed by atoms with van der Waals surface area (Å²) in [6, 6.07) is 0. The molecule has 0 aliphatic heterocycles. The van der Waals surface area contributed by atoms with Crippen molar-refractivity contribution in [3.05, 3.63) is 35.2 Å². The zero-order chi connectivity index (χ0) is 13.8. The van der Waals surface area contributed by atoms with Crippen LogP contribution in [0.1, 0.15) is 22.6 Å². The van der Waals surface area contributed by atoms with E-state index in [1.54, 1.807) is 13.4 Å². The number of pyridine rings is 1. The van der Waals surface area contributed by atoms with E-state index in [-0.39, 0.29) is 0 Å². The molecule has 0 atom stereocenters. The third-order valence-electron chi connectivity index (χ3n) is 3.08. The molecule has 0 saturated carbocycles. The van der Waals surface area contributed by atoms with Gasteiger partial charge in [0.25, 0.3) is 0 Å². The van der Waals surface area contributed by atoms with Crippen LogP contribution in [0.15, 0.2) is 12.5 Å². The van der Waals surface area contributed by atoms with Crippen molar-refractivity contribution in [3.8, 4) is 5.75 Å². The van der Waals surface area contributed by atoms with Crippen LogP contribution < -0.4 is 10.1 Å². The predicted molar refractivity (Wildman–Crippen MR) is 72.2 cm³/mol. The van der Waals surface area contributed by atoms with Crippen LogP contribution in [0.4, 0.5) is 0 Å². The Morgan fingerprint density at radius 1 is 1.32 bits per heavy atom. The Morgan fingerprint density at radius 2 is 2.11 bits per heavy atom. The molecular weight excluding hydrogens is 242 g/mol. The molecule has 2 aromatic heterocycles. The largest absolute Gasteiger partial charge is 0.496 e. The molecule has 0 spiro atoms. The first-order valence-electron chi connectivity index (χ1n) is 6.17. The lowest BCUT2D eigenvalue weighted by Crippen LogP contribution is -2.15. The molecule has 0 bridgehead atoms. The highest BCUT2D eigenvalue weighted by Crippen LogP contribution is 2.24. The van der Waals surface area contributed by atoms with E-state index in [0.29, 0.717) is 13.1 Å². The van der Waals surface area contributed by atoms with E-state index in [0.717, 1.165) is 28.4 Å². The Bertz CT molecular complexity index is 564. The van der Waals surface area contributed by atoms with E-state index in [1.807, 2.05) is 31.8 Å². The number of hydrogen-bond donors (Lipinski definition) is 1. The molecule has 2 heterocycles. The van der Waals surface area contributed by atoms with Gasteiger partial charge in [0.15, 0.2) is 0 Å². The maximum absolute atomic E-state index is 5.42. The van der Waals surface area contributed by atoms with Crippen LogP contribution in [0.2, 0.25) is 0 Å². The summed E-state index contributed by atoms with van der Waals surface area (Å²) in [7, 11) is 3.57. The quantitative estimate of drug-likeness (QED) is 0.872. The summed E-state index contributed by atoms with van der Waals surface area (Å²) in [5.74, 6) is 1.78. The first kappa shape index (κ1) is 13.5. The minimum atomic E-state index is 0.597. The Morgan fingerprint density at radius 3 is 2.79 bits per heavy atom. The maximum Gasteiger partial charge on any atom is 0.141 e. The number of aryl methyl sites for hydroxylation is 1. The van der Waals surface area contributed by atoms with Gasteiger partial charge in [-0.05, 0) is 20.9 Å². The van der Waals surface area contributed by atoms with Crippen molar-refractivity contribution in [2.75, 3.05) is 14.2 Å². The summed E-state index contributed by atoms with van der Waals surface area (Å²) in [5.41, 5.74) is 3.04. The highest BCUT2D eigenvalue weighted by Gasteiger charge is 2.12. The highest BCUT2D eigenvalue weighted by atomic mass is 16.5. The maximum atomic E-state index is 5.42. The van der Waals surface area contributed by atoms with Gasteiger partial charge in [0.05, 0.1) is 25.9 Å². The molecule has 0 fully saturated rings. The molecule has 6 heteroatoms. The van der Waals surface area contributed by atoms with Gasteiger partial charge in [-0.25, -0.2) is 9.67 Å². The van der Waals surface area contributed by atoms with E-state index < -0.39 is 0 Å². The lowest BCUT2D eigenvalue weighted by atomic mass is 10.1. The average molecular weight is 261 g/mol. The summed E-state index contributed by atoms with van der Waals surface area (Å²) in [4.78, 5) is 8.70. The van der Waals surface area contributed by atoms with Crippen LogP contribution in [0.5, 0.6) is 5.75 Å². The van der Waals surface area contributed by atoms with Crippen LogP contribution in [-0.4, -0.2) is 33.9 Å². The van der Waals surface area contributed by atoms with Crippen LogP contribution in [0, 0.1) is 13.8 Å². The minimum Gasteiger partial charge on any atom is -0.496 e. The molecule has 0 aromatic carbocycles. The first-order chi connectivity index (χ1) is 9.17. The van der Waals surface area contributed by atoms with Gasteiger partial charge in [-0.15, -0.1) is 0 Å². The highest BCUT2D eigenvalue weighted by molar-refractivity contribution is 5.41. The number of hydrogen-bond acceptors (Lipinski definition) is 5. The number of nitrogens with one attached hydrogen (secondary N) is 1. The summed E-state index contributed by atoms with van der Waals surface area (Å²) >= 11 is 0. The van der Waals surface area contributed by atoms with Gasteiger partial charge in [0.2, 0.25) is 0 Å². The fraction of sp³-hybridized carbons (Fsp3) is 0.462. The van der Waals surface area contributed by atoms with E-state index >= 15 is 0 Å². The minimum absolute atomic E-state index is 0.597. The lowest BCUT2D eigenvalue weighted by molar-refractivity contribution is 0.406. The van der Waals surface area contributed by atoms with Crippen molar-refractivity contribution < 1.29 is 4.74 Å². The summed E-state index contributed by atoms with van der Waals surface area (Å²) in [6.07, 6.45) is 3.39. The van der Waals surface area contributed by atoms with Gasteiger partial charge in [-0.3, -0.25) is 4.98 Å². The van der Waals surface area contributed by atoms with Crippen molar-refractivity contribution in [3.63, 3.8) is 0 Å². The molecule has 6 nitrogen and oxygen atoms in total. The molecule has 0 amide bonds. The number of ether oxygens (including phenoxy) is 1. The summed E-state index contributed by atoms with van der Waals surface area (Å²) in [5, 5.41) is 7.31. The second-order valence-corrected chi connectivity index (χ2v) is 4.41. The van der Waals surface area contributed by atoms with Gasteiger partial charge in [-0.1, -0.05) is 0 Å². The second-order valence-electron chi connectivity index (χ2n) is 4.41. The lowest BCUT2D eigenvalue weighted by Gasteiger charge is -2.13. The molecule has 2 rings (SSSR count). The summed E-state index contributed by atoms with van der Waals surface area (Å²) in [6.45, 7) is 5.29. The van der Waals surface area contributed by atoms with E-state index in [4.69, 9.17) is 4.74 Å². The van der Waals surface area contributed by atoms with Gasteiger partial charge in [-0.2, -0.15) is 5.10 Å². The molecule has 19 heavy (non-hydrogen) atoms. The Kier molecular flexibility index (Phi) is 4.11. The average Bonchev–Trinajstić information content (AvgIpc) is 2.81. The number of nitrogens with zero attached hydrogens (tertiary/aromatic N) is 4. The van der Waals surface area contributed by atoms with E-state index in [1.165, 1.54) is 0 Å². The van der Waals surface area contributed by atoms with Crippen LogP contribution in [0.3, 0.4) is 0 Å².